The van der Waals surface area contributed by atoms with Crippen LogP contribution in [0.4, 0.5) is 17.1 Å². The fourth-order valence-corrected chi connectivity index (χ4v) is 7.95. The zero-order chi connectivity index (χ0) is 32.2. The first-order valence-corrected chi connectivity index (χ1v) is 16.8. The number of nitrogens with zero attached hydrogens (tertiary/aromatic N) is 1. The van der Waals surface area contributed by atoms with Crippen LogP contribution in [0.2, 0.25) is 0 Å². The predicted octanol–water partition coefficient (Wildman–Crippen LogP) is 13.1. The summed E-state index contributed by atoms with van der Waals surface area (Å²) in [5, 5.41) is 4.99. The lowest BCUT2D eigenvalue weighted by atomic mass is 9.82. The summed E-state index contributed by atoms with van der Waals surface area (Å²) < 4.78 is 0. The Balaban J connectivity index is 1.40. The van der Waals surface area contributed by atoms with Crippen LogP contribution >= 0.6 is 0 Å². The van der Waals surface area contributed by atoms with E-state index < -0.39 is 0 Å². The maximum absolute atomic E-state index is 2.52. The van der Waals surface area contributed by atoms with E-state index in [1.807, 2.05) is 0 Å². The molecule has 228 valence electrons. The summed E-state index contributed by atoms with van der Waals surface area (Å²) in [4.78, 5) is 2.52. The highest BCUT2D eigenvalue weighted by Gasteiger charge is 2.36. The van der Waals surface area contributed by atoms with Gasteiger partial charge in [0.1, 0.15) is 0 Å². The highest BCUT2D eigenvalue weighted by molar-refractivity contribution is 6.22. The van der Waals surface area contributed by atoms with Crippen molar-refractivity contribution in [3.63, 3.8) is 0 Å². The van der Waals surface area contributed by atoms with Gasteiger partial charge in [-0.1, -0.05) is 166 Å². The third-order valence-electron chi connectivity index (χ3n) is 10.2. The van der Waals surface area contributed by atoms with E-state index in [0.29, 0.717) is 0 Å². The number of rotatable bonds is 5. The molecule has 0 saturated carbocycles. The molecule has 9 rings (SSSR count). The van der Waals surface area contributed by atoms with Gasteiger partial charge in [-0.2, -0.15) is 0 Å². The van der Waals surface area contributed by atoms with Crippen molar-refractivity contribution in [2.24, 2.45) is 0 Å². The smallest absolute Gasteiger partial charge is 0.0624 e. The van der Waals surface area contributed by atoms with E-state index >= 15 is 0 Å². The van der Waals surface area contributed by atoms with E-state index in [0.717, 1.165) is 11.4 Å². The van der Waals surface area contributed by atoms with Gasteiger partial charge in [-0.3, -0.25) is 0 Å². The molecule has 0 spiro atoms. The summed E-state index contributed by atoms with van der Waals surface area (Å²) in [7, 11) is 0. The van der Waals surface area contributed by atoms with E-state index in [1.165, 1.54) is 71.7 Å². The fraction of sp³-hybridized carbons (Fsp3) is 0.0638. The van der Waals surface area contributed by atoms with Gasteiger partial charge < -0.3 is 4.90 Å². The third-order valence-corrected chi connectivity index (χ3v) is 10.2. The van der Waals surface area contributed by atoms with Crippen molar-refractivity contribution in [1.82, 2.24) is 0 Å². The van der Waals surface area contributed by atoms with Crippen molar-refractivity contribution < 1.29 is 0 Å². The number of hydrogen-bond acceptors (Lipinski definition) is 1. The molecule has 0 heterocycles. The topological polar surface area (TPSA) is 3.24 Å². The highest BCUT2D eigenvalue weighted by Crippen LogP contribution is 2.53. The molecule has 0 atom stereocenters. The van der Waals surface area contributed by atoms with Gasteiger partial charge in [0, 0.05) is 27.7 Å². The summed E-state index contributed by atoms with van der Waals surface area (Å²) in [6.45, 7) is 4.73. The first-order chi connectivity index (χ1) is 23.6. The number of hydrogen-bond donors (Lipinski definition) is 0. The lowest BCUT2D eigenvalue weighted by Gasteiger charge is -2.32. The minimum absolute atomic E-state index is 0.118. The minimum atomic E-state index is -0.118. The molecule has 0 N–H and O–H groups in total. The third kappa shape index (κ3) is 4.39. The van der Waals surface area contributed by atoms with Crippen molar-refractivity contribution in [3.8, 4) is 33.4 Å². The SMILES string of the molecule is CC1(C)c2ccccc2-c2ccc(N(c3cccc(-c4ccccc4)c3)c3c(-c4ccccc4)c4ccccc4c4ccccc34)cc21. The second-order valence-corrected chi connectivity index (χ2v) is 13.3. The molecule has 0 aliphatic heterocycles. The quantitative estimate of drug-likeness (QED) is 0.175. The summed E-state index contributed by atoms with van der Waals surface area (Å²) in [6.07, 6.45) is 0. The molecule has 48 heavy (non-hydrogen) atoms. The second kappa shape index (κ2) is 11.1. The summed E-state index contributed by atoms with van der Waals surface area (Å²) in [5.74, 6) is 0. The first kappa shape index (κ1) is 28.3. The average molecular weight is 614 g/mol. The van der Waals surface area contributed by atoms with Gasteiger partial charge in [0.25, 0.3) is 0 Å². The van der Waals surface area contributed by atoms with Gasteiger partial charge in [-0.05, 0) is 79.4 Å². The molecule has 0 aromatic heterocycles. The van der Waals surface area contributed by atoms with Gasteiger partial charge in [0.15, 0.2) is 0 Å². The Morgan fingerprint density at radius 2 is 0.917 bits per heavy atom. The van der Waals surface area contributed by atoms with Crippen LogP contribution in [0.5, 0.6) is 0 Å². The van der Waals surface area contributed by atoms with Gasteiger partial charge in [-0.25, -0.2) is 0 Å². The lowest BCUT2D eigenvalue weighted by Crippen LogP contribution is -2.17. The van der Waals surface area contributed by atoms with Crippen LogP contribution in [-0.2, 0) is 5.41 Å². The Bertz CT molecular complexity index is 2470. The molecule has 1 aliphatic carbocycles. The molecule has 0 saturated heterocycles. The van der Waals surface area contributed by atoms with E-state index in [9.17, 15) is 0 Å². The largest absolute Gasteiger partial charge is 0.309 e. The van der Waals surface area contributed by atoms with Crippen LogP contribution in [0.25, 0.3) is 54.9 Å². The molecule has 0 fully saturated rings. The standard InChI is InChI=1S/C47H35N/c1-47(2)43-27-14-13-24-39(43)40-29-28-36(31-44(40)47)48(35-21-15-20-34(30-35)32-16-5-3-6-17-32)46-42-26-12-10-23-38(42)37-22-9-11-25-41(37)45(46)33-18-7-4-8-19-33/h3-31H,1-2H3. The van der Waals surface area contributed by atoms with Crippen molar-refractivity contribution >= 4 is 38.6 Å². The van der Waals surface area contributed by atoms with Crippen LogP contribution in [0.3, 0.4) is 0 Å². The van der Waals surface area contributed by atoms with Crippen molar-refractivity contribution in [1.29, 1.82) is 0 Å². The molecule has 1 nitrogen and oxygen atoms in total. The normalized spacial score (nSPS) is 13.0. The van der Waals surface area contributed by atoms with Crippen molar-refractivity contribution in [3.05, 3.63) is 187 Å². The Morgan fingerprint density at radius 3 is 1.67 bits per heavy atom. The van der Waals surface area contributed by atoms with E-state index in [-0.39, 0.29) is 5.41 Å². The Kier molecular flexibility index (Phi) is 6.55. The predicted molar refractivity (Wildman–Crippen MR) is 205 cm³/mol. The van der Waals surface area contributed by atoms with Crippen LogP contribution in [0, 0.1) is 0 Å². The van der Waals surface area contributed by atoms with Crippen LogP contribution < -0.4 is 4.90 Å². The lowest BCUT2D eigenvalue weighted by molar-refractivity contribution is 0.660. The Hall–Kier alpha value is -5.92. The molecule has 0 unspecified atom stereocenters. The van der Waals surface area contributed by atoms with Crippen LogP contribution in [0.15, 0.2) is 176 Å². The number of benzene rings is 8. The molecule has 8 aromatic carbocycles. The maximum Gasteiger partial charge on any atom is 0.0624 e. The molecule has 0 radical (unpaired) electrons. The van der Waals surface area contributed by atoms with Crippen molar-refractivity contribution in [2.45, 2.75) is 19.3 Å². The average Bonchev–Trinajstić information content (AvgIpc) is 3.38. The van der Waals surface area contributed by atoms with Gasteiger partial charge in [0.2, 0.25) is 0 Å². The van der Waals surface area contributed by atoms with Gasteiger partial charge in [0.05, 0.1) is 5.69 Å². The summed E-state index contributed by atoms with van der Waals surface area (Å²) >= 11 is 0. The second-order valence-electron chi connectivity index (χ2n) is 13.3. The molecule has 1 heteroatoms. The summed E-state index contributed by atoms with van der Waals surface area (Å²) in [5.41, 5.74) is 13.6. The van der Waals surface area contributed by atoms with Gasteiger partial charge >= 0.3 is 0 Å². The molecule has 8 aromatic rings. The minimum Gasteiger partial charge on any atom is -0.309 e. The zero-order valence-corrected chi connectivity index (χ0v) is 27.2. The van der Waals surface area contributed by atoms with Crippen molar-refractivity contribution in [2.75, 3.05) is 4.90 Å². The monoisotopic (exact) mass is 613 g/mol. The molecule has 0 amide bonds. The number of anilines is 3. The maximum atomic E-state index is 2.52. The number of fused-ring (bicyclic) bond motifs is 6. The molecule has 0 bridgehead atoms. The van der Waals surface area contributed by atoms with Crippen LogP contribution in [0.1, 0.15) is 25.0 Å². The van der Waals surface area contributed by atoms with E-state index in [4.69, 9.17) is 0 Å². The Morgan fingerprint density at radius 1 is 0.375 bits per heavy atom. The summed E-state index contributed by atoms with van der Waals surface area (Å²) in [6, 6.07) is 64.4. The molecular formula is C47H35N. The molecular weight excluding hydrogens is 579 g/mol. The molecule has 1 aliphatic rings. The van der Waals surface area contributed by atoms with E-state index in [1.54, 1.807) is 0 Å². The Labute approximate surface area is 282 Å². The van der Waals surface area contributed by atoms with Crippen LogP contribution in [-0.4, -0.2) is 0 Å². The zero-order valence-electron chi connectivity index (χ0n) is 27.2. The first-order valence-electron chi connectivity index (χ1n) is 16.8. The highest BCUT2D eigenvalue weighted by atomic mass is 15.1. The fourth-order valence-electron chi connectivity index (χ4n) is 7.95. The van der Waals surface area contributed by atoms with Gasteiger partial charge in [-0.15, -0.1) is 0 Å². The van der Waals surface area contributed by atoms with E-state index in [2.05, 4.69) is 195 Å².